The second-order valence-electron chi connectivity index (χ2n) is 3.54. The van der Waals surface area contributed by atoms with E-state index < -0.39 is 40.6 Å². The molecule has 0 fully saturated rings. The third-order valence-electron chi connectivity index (χ3n) is 2.04. The molecule has 3 nitrogen and oxygen atoms in total. The summed E-state index contributed by atoms with van der Waals surface area (Å²) < 4.78 is 68.9. The van der Waals surface area contributed by atoms with E-state index in [1.807, 2.05) is 0 Å². The molecular formula is C11H8BrF5O3. The Morgan fingerprint density at radius 2 is 1.80 bits per heavy atom. The van der Waals surface area contributed by atoms with Crippen LogP contribution in [0.1, 0.15) is 17.3 Å². The smallest absolute Gasteiger partial charge is 0.434 e. The second kappa shape index (κ2) is 6.38. The molecule has 20 heavy (non-hydrogen) atoms. The molecule has 0 aromatic heterocycles. The Labute approximate surface area is 118 Å². The summed E-state index contributed by atoms with van der Waals surface area (Å²) in [5, 5.41) is 0. The van der Waals surface area contributed by atoms with Gasteiger partial charge in [0.15, 0.2) is 5.78 Å². The number of ketones is 1. The number of carbonyl (C=O) groups excluding carboxylic acids is 1. The van der Waals surface area contributed by atoms with Crippen molar-refractivity contribution in [2.24, 2.45) is 0 Å². The summed E-state index contributed by atoms with van der Waals surface area (Å²) in [7, 11) is 0. The van der Waals surface area contributed by atoms with E-state index in [2.05, 4.69) is 25.4 Å². The first-order valence-electron chi connectivity index (χ1n) is 5.13. The SMILES string of the molecule is CC(Br)C(=O)c1c(OC(F)F)cccc1OC(F)(F)F. The van der Waals surface area contributed by atoms with Crippen molar-refractivity contribution in [3.8, 4) is 11.5 Å². The Morgan fingerprint density at radius 1 is 1.25 bits per heavy atom. The van der Waals surface area contributed by atoms with Gasteiger partial charge in [0, 0.05) is 0 Å². The molecular weight excluding hydrogens is 355 g/mol. The molecule has 0 saturated carbocycles. The Morgan fingerprint density at radius 3 is 2.25 bits per heavy atom. The van der Waals surface area contributed by atoms with Gasteiger partial charge in [0.25, 0.3) is 0 Å². The maximum Gasteiger partial charge on any atom is 0.573 e. The van der Waals surface area contributed by atoms with E-state index in [0.29, 0.717) is 0 Å². The third kappa shape index (κ3) is 4.62. The van der Waals surface area contributed by atoms with Crippen LogP contribution in [0.25, 0.3) is 0 Å². The maximum absolute atomic E-state index is 12.2. The van der Waals surface area contributed by atoms with E-state index in [0.717, 1.165) is 18.2 Å². The molecule has 1 unspecified atom stereocenters. The van der Waals surface area contributed by atoms with Crippen LogP contribution in [0.5, 0.6) is 11.5 Å². The number of Topliss-reactive ketones (excluding diaryl/α,β-unsaturated/α-hetero) is 1. The molecule has 0 aliphatic carbocycles. The number of halogens is 6. The average molecular weight is 363 g/mol. The van der Waals surface area contributed by atoms with E-state index in [-0.39, 0.29) is 0 Å². The predicted octanol–water partition coefficient (Wildman–Crippen LogP) is 4.15. The van der Waals surface area contributed by atoms with E-state index in [4.69, 9.17) is 0 Å². The molecule has 0 radical (unpaired) electrons. The lowest BCUT2D eigenvalue weighted by molar-refractivity contribution is -0.274. The molecule has 0 amide bonds. The molecule has 0 heterocycles. The molecule has 1 aromatic carbocycles. The van der Waals surface area contributed by atoms with Crippen molar-refractivity contribution in [1.82, 2.24) is 0 Å². The highest BCUT2D eigenvalue weighted by Crippen LogP contribution is 2.35. The van der Waals surface area contributed by atoms with Crippen LogP contribution in [0.3, 0.4) is 0 Å². The summed E-state index contributed by atoms with van der Waals surface area (Å²) in [6.45, 7) is -1.95. The molecule has 112 valence electrons. The van der Waals surface area contributed by atoms with Gasteiger partial charge < -0.3 is 9.47 Å². The lowest BCUT2D eigenvalue weighted by Gasteiger charge is -2.16. The van der Waals surface area contributed by atoms with Crippen LogP contribution >= 0.6 is 15.9 Å². The van der Waals surface area contributed by atoms with Gasteiger partial charge in [-0.1, -0.05) is 22.0 Å². The van der Waals surface area contributed by atoms with Crippen molar-refractivity contribution < 1.29 is 36.2 Å². The summed E-state index contributed by atoms with van der Waals surface area (Å²) in [5.74, 6) is -2.45. The molecule has 1 rings (SSSR count). The van der Waals surface area contributed by atoms with Crippen molar-refractivity contribution in [2.75, 3.05) is 0 Å². The highest BCUT2D eigenvalue weighted by molar-refractivity contribution is 9.10. The Balaban J connectivity index is 3.32. The van der Waals surface area contributed by atoms with Gasteiger partial charge in [-0.05, 0) is 19.1 Å². The molecule has 0 saturated heterocycles. The highest BCUT2D eigenvalue weighted by atomic mass is 79.9. The zero-order valence-corrected chi connectivity index (χ0v) is 11.5. The second-order valence-corrected chi connectivity index (χ2v) is 4.91. The molecule has 0 aliphatic heterocycles. The summed E-state index contributed by atoms with van der Waals surface area (Å²) >= 11 is 2.86. The molecule has 0 aliphatic rings. The summed E-state index contributed by atoms with van der Waals surface area (Å²) in [6.07, 6.45) is -5.06. The van der Waals surface area contributed by atoms with Crippen molar-refractivity contribution in [3.05, 3.63) is 23.8 Å². The Bertz CT molecular complexity index is 487. The fourth-order valence-corrected chi connectivity index (χ4v) is 1.59. The minimum atomic E-state index is -5.06. The molecule has 9 heteroatoms. The van der Waals surface area contributed by atoms with Gasteiger partial charge in [0.1, 0.15) is 17.1 Å². The topological polar surface area (TPSA) is 35.5 Å². The molecule has 0 bridgehead atoms. The van der Waals surface area contributed by atoms with Crippen LogP contribution in [0.4, 0.5) is 22.0 Å². The first-order chi connectivity index (χ1) is 9.11. The van der Waals surface area contributed by atoms with E-state index in [1.165, 1.54) is 6.92 Å². The largest absolute Gasteiger partial charge is 0.573 e. The van der Waals surface area contributed by atoms with Gasteiger partial charge >= 0.3 is 13.0 Å². The number of benzene rings is 1. The Kier molecular flexibility index (Phi) is 5.32. The van der Waals surface area contributed by atoms with E-state index in [1.54, 1.807) is 0 Å². The minimum absolute atomic E-state index is 0.682. The fraction of sp³-hybridized carbons (Fsp3) is 0.364. The van der Waals surface area contributed by atoms with Crippen LogP contribution in [-0.4, -0.2) is 23.6 Å². The van der Waals surface area contributed by atoms with E-state index >= 15 is 0 Å². The van der Waals surface area contributed by atoms with Gasteiger partial charge in [-0.2, -0.15) is 8.78 Å². The number of carbonyl (C=O) groups is 1. The monoisotopic (exact) mass is 362 g/mol. The van der Waals surface area contributed by atoms with Crippen LogP contribution in [-0.2, 0) is 0 Å². The molecule has 1 atom stereocenters. The minimum Gasteiger partial charge on any atom is -0.434 e. The molecule has 0 N–H and O–H groups in total. The van der Waals surface area contributed by atoms with Crippen LogP contribution < -0.4 is 9.47 Å². The lowest BCUT2D eigenvalue weighted by atomic mass is 10.1. The van der Waals surface area contributed by atoms with Crippen LogP contribution in [0.15, 0.2) is 18.2 Å². The van der Waals surface area contributed by atoms with Crippen molar-refractivity contribution in [2.45, 2.75) is 24.7 Å². The normalized spacial score (nSPS) is 13.2. The zero-order valence-electron chi connectivity index (χ0n) is 9.88. The van der Waals surface area contributed by atoms with Crippen LogP contribution in [0.2, 0.25) is 0 Å². The molecule has 0 spiro atoms. The first kappa shape index (κ1) is 16.7. The van der Waals surface area contributed by atoms with Gasteiger partial charge in [-0.3, -0.25) is 4.79 Å². The van der Waals surface area contributed by atoms with Crippen LogP contribution in [0, 0.1) is 0 Å². The summed E-state index contributed by atoms with van der Waals surface area (Å²) in [5.41, 5.74) is -0.700. The first-order valence-corrected chi connectivity index (χ1v) is 6.05. The Hall–Kier alpha value is -1.38. The van der Waals surface area contributed by atoms with E-state index in [9.17, 15) is 26.7 Å². The summed E-state index contributed by atoms with van der Waals surface area (Å²) in [6, 6.07) is 2.81. The quantitative estimate of drug-likeness (QED) is 0.448. The van der Waals surface area contributed by atoms with Gasteiger partial charge in [-0.15, -0.1) is 13.2 Å². The zero-order chi connectivity index (χ0) is 15.5. The summed E-state index contributed by atoms with van der Waals surface area (Å²) in [4.78, 5) is 10.9. The molecule has 1 aromatic rings. The fourth-order valence-electron chi connectivity index (χ4n) is 1.36. The van der Waals surface area contributed by atoms with Crippen molar-refractivity contribution in [1.29, 1.82) is 0 Å². The number of hydrogen-bond donors (Lipinski definition) is 0. The van der Waals surface area contributed by atoms with Gasteiger partial charge in [-0.25, -0.2) is 0 Å². The third-order valence-corrected chi connectivity index (χ3v) is 2.45. The van der Waals surface area contributed by atoms with Crippen molar-refractivity contribution >= 4 is 21.7 Å². The average Bonchev–Trinajstić information content (AvgIpc) is 2.25. The highest BCUT2D eigenvalue weighted by Gasteiger charge is 2.34. The van der Waals surface area contributed by atoms with Gasteiger partial charge in [0.05, 0.1) is 4.83 Å². The van der Waals surface area contributed by atoms with Gasteiger partial charge in [0.2, 0.25) is 0 Å². The number of hydrogen-bond acceptors (Lipinski definition) is 3. The maximum atomic E-state index is 12.2. The predicted molar refractivity (Wildman–Crippen MR) is 62.5 cm³/mol. The lowest BCUT2D eigenvalue weighted by Crippen LogP contribution is -2.21. The standard InChI is InChI=1S/C11H8BrF5O3/c1-5(12)9(18)8-6(19-10(13)14)3-2-4-7(8)20-11(15,16)17/h2-5,10H,1H3. The van der Waals surface area contributed by atoms with Crippen molar-refractivity contribution in [3.63, 3.8) is 0 Å². The number of ether oxygens (including phenoxy) is 2. The number of alkyl halides is 6. The number of rotatable bonds is 5.